The van der Waals surface area contributed by atoms with E-state index in [1.165, 1.54) is 0 Å². The van der Waals surface area contributed by atoms with Gasteiger partial charge in [-0.2, -0.15) is 52.7 Å². The normalized spacial score (nSPS) is 17.2. The van der Waals surface area contributed by atoms with Gasteiger partial charge in [-0.3, -0.25) is 0 Å². The third kappa shape index (κ3) is 9.98. The average molecular weight is 977 g/mol. The molecule has 0 radical (unpaired) electrons. The lowest BCUT2D eigenvalue weighted by Crippen LogP contribution is -2.13. The summed E-state index contributed by atoms with van der Waals surface area (Å²) in [7, 11) is -1.12. The van der Waals surface area contributed by atoms with Crippen LogP contribution < -0.4 is 0 Å². The first-order chi connectivity index (χ1) is 32.5. The molecule has 0 spiro atoms. The second kappa shape index (κ2) is 18.8. The van der Waals surface area contributed by atoms with Crippen molar-refractivity contribution in [1.29, 1.82) is 0 Å². The van der Waals surface area contributed by atoms with Crippen molar-refractivity contribution in [1.82, 2.24) is 0 Å². The van der Waals surface area contributed by atoms with Gasteiger partial charge in [-0.1, -0.05) is 148 Å². The lowest BCUT2D eigenvalue weighted by molar-refractivity contribution is -0.144. The number of allylic oxidation sites excluding steroid dienone is 2. The lowest BCUT2D eigenvalue weighted by atomic mass is 9.85. The highest BCUT2D eigenvalue weighted by Gasteiger charge is 2.41. The number of halogens is 12. The second-order valence-electron chi connectivity index (χ2n) is 18.2. The smallest absolute Gasteiger partial charge is 0.166 e. The molecule has 0 saturated heterocycles. The van der Waals surface area contributed by atoms with Crippen molar-refractivity contribution in [3.05, 3.63) is 177 Å². The van der Waals surface area contributed by atoms with Crippen molar-refractivity contribution in [2.45, 2.75) is 89.2 Å². The molecule has 0 amide bonds. The molecule has 2 aliphatic carbocycles. The van der Waals surface area contributed by atoms with Crippen molar-refractivity contribution in [2.24, 2.45) is 11.8 Å². The molecule has 0 fully saturated rings. The molecule has 6 aromatic rings. The molecule has 0 heterocycles. The van der Waals surface area contributed by atoms with Gasteiger partial charge in [-0.05, 0) is 128 Å². The van der Waals surface area contributed by atoms with E-state index in [9.17, 15) is 52.7 Å². The Balaban J connectivity index is 1.24. The van der Waals surface area contributed by atoms with E-state index in [2.05, 4.69) is 13.8 Å². The first kappa shape index (κ1) is 49.6. The molecule has 0 bridgehead atoms. The Kier molecular flexibility index (Phi) is 13.5. The van der Waals surface area contributed by atoms with Crippen LogP contribution in [0.25, 0.3) is 56.7 Å². The first-order valence-corrected chi connectivity index (χ1v) is 25.0. The monoisotopic (exact) mass is 976 g/mol. The molecule has 0 saturated carbocycles. The van der Waals surface area contributed by atoms with Crippen LogP contribution in [-0.2, 0) is 24.7 Å². The summed E-state index contributed by atoms with van der Waals surface area (Å²) < 4.78 is 172. The van der Waals surface area contributed by atoms with Crippen molar-refractivity contribution in [2.75, 3.05) is 0 Å². The summed E-state index contributed by atoms with van der Waals surface area (Å²) >= 11 is 0. The number of alkyl halides is 12. The highest BCUT2D eigenvalue weighted by atomic mass is 28.2. The predicted molar refractivity (Wildman–Crippen MR) is 253 cm³/mol. The summed E-state index contributed by atoms with van der Waals surface area (Å²) in [5.41, 5.74) is 1.53. The van der Waals surface area contributed by atoms with Gasteiger partial charge < -0.3 is 0 Å². The van der Waals surface area contributed by atoms with Crippen molar-refractivity contribution in [3.63, 3.8) is 0 Å². The van der Waals surface area contributed by atoms with Crippen LogP contribution in [0.1, 0.15) is 96.9 Å². The van der Waals surface area contributed by atoms with Crippen LogP contribution in [0.3, 0.4) is 0 Å². The zero-order valence-electron chi connectivity index (χ0n) is 38.1. The topological polar surface area (TPSA) is 0 Å². The molecule has 69 heavy (non-hydrogen) atoms. The fraction of sp³-hybridized carbons (Fsp3) is 0.286. The summed E-state index contributed by atoms with van der Waals surface area (Å²) in [5, 5.41) is 0. The van der Waals surface area contributed by atoms with Crippen LogP contribution >= 0.6 is 0 Å². The molecular weight excluding hydrogens is 929 g/mol. The van der Waals surface area contributed by atoms with Crippen molar-refractivity contribution < 1.29 is 52.7 Å². The Hall–Kier alpha value is -5.82. The van der Waals surface area contributed by atoms with E-state index >= 15 is 0 Å². The van der Waals surface area contributed by atoms with Gasteiger partial charge in [0.05, 0.1) is 22.3 Å². The first-order valence-electron chi connectivity index (χ1n) is 23.0. The zero-order chi connectivity index (χ0) is 49.8. The maximum absolute atomic E-state index is 14.3. The van der Waals surface area contributed by atoms with Crippen LogP contribution in [0.4, 0.5) is 52.7 Å². The van der Waals surface area contributed by atoms with Crippen molar-refractivity contribution >= 4 is 21.7 Å². The lowest BCUT2D eigenvalue weighted by Gasteiger charge is -2.25. The summed E-state index contributed by atoms with van der Waals surface area (Å²) in [5.74, 6) is -0.381. The minimum atomic E-state index is -5.06. The molecular formula is C56H48F12Si. The minimum absolute atomic E-state index is 0.00691. The number of rotatable bonds is 12. The Morgan fingerprint density at radius 1 is 0.420 bits per heavy atom. The molecule has 0 aliphatic heterocycles. The van der Waals surface area contributed by atoms with E-state index < -0.39 is 56.5 Å². The van der Waals surface area contributed by atoms with E-state index in [1.54, 1.807) is 72.8 Å². The van der Waals surface area contributed by atoms with E-state index in [1.807, 2.05) is 38.1 Å². The minimum Gasteiger partial charge on any atom is -0.166 e. The summed E-state index contributed by atoms with van der Waals surface area (Å²) in [6.45, 7) is 8.14. The molecule has 6 aromatic carbocycles. The van der Waals surface area contributed by atoms with Gasteiger partial charge in [0.1, 0.15) is 0 Å². The highest BCUT2D eigenvalue weighted by Crippen LogP contribution is 2.54. The van der Waals surface area contributed by atoms with Crippen LogP contribution in [0.5, 0.6) is 0 Å². The third-order valence-corrected chi connectivity index (χ3v) is 16.0. The number of hydrogen-bond donors (Lipinski definition) is 0. The number of fused-ring (bicyclic) bond motifs is 2. The maximum Gasteiger partial charge on any atom is 0.416 e. The molecule has 4 atom stereocenters. The molecule has 2 aliphatic rings. The maximum atomic E-state index is 14.3. The van der Waals surface area contributed by atoms with E-state index in [0.29, 0.717) is 45.5 Å². The van der Waals surface area contributed by atoms with Gasteiger partial charge >= 0.3 is 24.7 Å². The van der Waals surface area contributed by atoms with Gasteiger partial charge in [0.2, 0.25) is 0 Å². The average Bonchev–Trinajstić information content (AvgIpc) is 3.88. The van der Waals surface area contributed by atoms with Gasteiger partial charge in [0.15, 0.2) is 0 Å². The van der Waals surface area contributed by atoms with E-state index in [-0.39, 0.29) is 58.1 Å². The largest absolute Gasteiger partial charge is 0.416 e. The predicted octanol–water partition coefficient (Wildman–Crippen LogP) is 18.2. The highest BCUT2D eigenvalue weighted by molar-refractivity contribution is 6.36. The SMILES string of the molecule is CCC(C)C1=Cc2c(ccc(-c3ccccc3)c2-c2cc(C(F)(F)F)cc(C(F)(F)F)c2)C1C[SiH2]CC1C(C(C)CC)=Cc2c1ccc(-c1ccccc1)c2-c1cc(C(F)(F)F)cc(C(F)(F)F)c1. The number of hydrogen-bond acceptors (Lipinski definition) is 0. The zero-order valence-corrected chi connectivity index (χ0v) is 39.5. The van der Waals surface area contributed by atoms with Crippen LogP contribution in [0.15, 0.2) is 132 Å². The quantitative estimate of drug-likeness (QED) is 0.0847. The van der Waals surface area contributed by atoms with Gasteiger partial charge in [0.25, 0.3) is 0 Å². The number of benzene rings is 6. The molecule has 360 valence electrons. The second-order valence-corrected chi connectivity index (χ2v) is 20.1. The van der Waals surface area contributed by atoms with Gasteiger partial charge in [0, 0.05) is 21.4 Å². The van der Waals surface area contributed by atoms with Gasteiger partial charge in [-0.25, -0.2) is 0 Å². The third-order valence-electron chi connectivity index (χ3n) is 14.0. The van der Waals surface area contributed by atoms with Crippen molar-refractivity contribution in [3.8, 4) is 44.5 Å². The fourth-order valence-corrected chi connectivity index (χ4v) is 12.6. The van der Waals surface area contributed by atoms with E-state index in [4.69, 9.17) is 0 Å². The Morgan fingerprint density at radius 2 is 0.739 bits per heavy atom. The standard InChI is InChI=1S/C56H48F12Si/c1-5-31(3)45-27-47-43(19-17-41(33-13-9-7-10-14-33)51(47)35-21-37(53(57,58)59)25-38(22-35)54(60,61)62)49(45)29-69-30-50-44-20-18-42(34-15-11-8-12-16-34)52(48(44)28-46(50)32(4)6-2)36-23-39(55(63,64)65)26-40(24-36)56(66,67)68/h7-28,31-32,49-50H,5-6,29-30,69H2,1-4H3. The molecule has 0 N–H and O–H groups in total. The fourth-order valence-electron chi connectivity index (χ4n) is 10.2. The Labute approximate surface area is 395 Å². The summed E-state index contributed by atoms with van der Waals surface area (Å²) in [6.07, 6.45) is -14.9. The van der Waals surface area contributed by atoms with Crippen LogP contribution in [-0.4, -0.2) is 9.52 Å². The molecule has 8 rings (SSSR count). The molecule has 0 aromatic heterocycles. The molecule has 4 unspecified atom stereocenters. The molecule has 13 heteroatoms. The van der Waals surface area contributed by atoms with Gasteiger partial charge in [-0.15, -0.1) is 0 Å². The van der Waals surface area contributed by atoms with E-state index in [0.717, 1.165) is 59.4 Å². The summed E-state index contributed by atoms with van der Waals surface area (Å²) in [6, 6.07) is 29.8. The van der Waals surface area contributed by atoms with Crippen LogP contribution in [0.2, 0.25) is 12.1 Å². The Bertz CT molecular complexity index is 2660. The van der Waals surface area contributed by atoms with Crippen LogP contribution in [0, 0.1) is 11.8 Å². The Morgan fingerprint density at radius 3 is 1.03 bits per heavy atom. The molecule has 0 nitrogen and oxygen atoms in total. The summed E-state index contributed by atoms with van der Waals surface area (Å²) in [4.78, 5) is 0.